The fourth-order valence-corrected chi connectivity index (χ4v) is 5.25. The zero-order valence-corrected chi connectivity index (χ0v) is 17.2. The number of imidazole rings is 1. The highest BCUT2D eigenvalue weighted by Gasteiger charge is 2.42. The molecule has 28 heavy (non-hydrogen) atoms. The predicted molar refractivity (Wildman–Crippen MR) is 111 cm³/mol. The number of amides is 1. The van der Waals surface area contributed by atoms with Gasteiger partial charge in [0.2, 0.25) is 5.91 Å². The van der Waals surface area contributed by atoms with Gasteiger partial charge in [-0.25, -0.2) is 4.98 Å². The van der Waals surface area contributed by atoms with Gasteiger partial charge in [0.15, 0.2) is 0 Å². The molecule has 0 N–H and O–H groups in total. The first-order valence-electron chi connectivity index (χ1n) is 10.6. The van der Waals surface area contributed by atoms with Gasteiger partial charge >= 0.3 is 0 Å². The fourth-order valence-electron chi connectivity index (χ4n) is 5.25. The lowest BCUT2D eigenvalue weighted by molar-refractivity contribution is -0.135. The van der Waals surface area contributed by atoms with Crippen molar-refractivity contribution in [1.29, 1.82) is 0 Å². The summed E-state index contributed by atoms with van der Waals surface area (Å²) in [5, 5.41) is 0. The first-order valence-corrected chi connectivity index (χ1v) is 10.6. The van der Waals surface area contributed by atoms with E-state index in [1.807, 2.05) is 10.8 Å². The molecular weight excluding hydrogens is 348 g/mol. The molecule has 0 radical (unpaired) electrons. The quantitative estimate of drug-likeness (QED) is 0.818. The molecule has 1 amide bonds. The number of hydrogen-bond acceptors (Lipinski definition) is 3. The Hall–Kier alpha value is -2.14. The maximum atomic E-state index is 12.8. The number of aryl methyl sites for hydroxylation is 1. The van der Waals surface area contributed by atoms with E-state index in [1.165, 1.54) is 12.0 Å². The van der Waals surface area contributed by atoms with E-state index in [0.29, 0.717) is 17.9 Å². The van der Waals surface area contributed by atoms with E-state index in [9.17, 15) is 4.79 Å². The van der Waals surface area contributed by atoms with E-state index in [-0.39, 0.29) is 5.91 Å². The molecule has 2 saturated heterocycles. The zero-order chi connectivity index (χ0) is 19.6. The molecule has 0 aliphatic carbocycles. The van der Waals surface area contributed by atoms with Crippen molar-refractivity contribution in [1.82, 2.24) is 19.4 Å². The standard InChI is InChI=1S/C23H32N4O/c1-3-21-24-11-14-27(21)17-22(28)26-12-9-23(10-13-26)15-20(16-25(2)18-23)19-7-5-4-6-8-19/h4-8,11,14,20H,3,9-10,12-13,15-18H2,1-2H3. The minimum atomic E-state index is 0.228. The Labute approximate surface area is 168 Å². The third kappa shape index (κ3) is 4.00. The molecular formula is C23H32N4O. The van der Waals surface area contributed by atoms with Gasteiger partial charge in [-0.15, -0.1) is 0 Å². The molecule has 2 aromatic rings. The summed E-state index contributed by atoms with van der Waals surface area (Å²) in [6, 6.07) is 10.9. The van der Waals surface area contributed by atoms with Crippen LogP contribution in [0.2, 0.25) is 0 Å². The summed E-state index contributed by atoms with van der Waals surface area (Å²) < 4.78 is 1.99. The molecule has 150 valence electrons. The van der Waals surface area contributed by atoms with E-state index in [1.54, 1.807) is 6.20 Å². The molecule has 1 spiro atoms. The average molecular weight is 381 g/mol. The lowest BCUT2D eigenvalue weighted by atomic mass is 9.68. The van der Waals surface area contributed by atoms with Gasteiger partial charge < -0.3 is 14.4 Å². The second-order valence-electron chi connectivity index (χ2n) is 8.71. The van der Waals surface area contributed by atoms with Crippen molar-refractivity contribution < 1.29 is 4.79 Å². The minimum absolute atomic E-state index is 0.228. The number of rotatable bonds is 4. The number of aromatic nitrogens is 2. The topological polar surface area (TPSA) is 41.4 Å². The Morgan fingerprint density at radius 1 is 1.21 bits per heavy atom. The second kappa shape index (κ2) is 8.08. The van der Waals surface area contributed by atoms with Crippen LogP contribution in [0.1, 0.15) is 43.5 Å². The number of nitrogens with zero attached hydrogens (tertiary/aromatic N) is 4. The SMILES string of the molecule is CCc1nccn1CC(=O)N1CCC2(CC1)CC(c1ccccc1)CN(C)C2. The van der Waals surface area contributed by atoms with Crippen molar-refractivity contribution >= 4 is 5.91 Å². The molecule has 1 aromatic carbocycles. The summed E-state index contributed by atoms with van der Waals surface area (Å²) in [6.07, 6.45) is 8.02. The van der Waals surface area contributed by atoms with Crippen LogP contribution in [-0.4, -0.2) is 58.5 Å². The molecule has 0 saturated carbocycles. The van der Waals surface area contributed by atoms with Gasteiger partial charge in [-0.05, 0) is 43.2 Å². The van der Waals surface area contributed by atoms with Crippen LogP contribution >= 0.6 is 0 Å². The third-order valence-corrected chi connectivity index (χ3v) is 6.69. The van der Waals surface area contributed by atoms with Gasteiger partial charge in [0.1, 0.15) is 12.4 Å². The van der Waals surface area contributed by atoms with Crippen LogP contribution in [0.3, 0.4) is 0 Å². The first kappa shape index (κ1) is 19.2. The fraction of sp³-hybridized carbons (Fsp3) is 0.565. The molecule has 4 rings (SSSR count). The van der Waals surface area contributed by atoms with Crippen LogP contribution < -0.4 is 0 Å². The van der Waals surface area contributed by atoms with Crippen molar-refractivity contribution in [3.63, 3.8) is 0 Å². The number of hydrogen-bond donors (Lipinski definition) is 0. The summed E-state index contributed by atoms with van der Waals surface area (Å²) in [4.78, 5) is 21.7. The summed E-state index contributed by atoms with van der Waals surface area (Å²) in [6.45, 7) is 6.54. The normalized spacial score (nSPS) is 22.5. The molecule has 0 bridgehead atoms. The zero-order valence-electron chi connectivity index (χ0n) is 17.2. The molecule has 5 nitrogen and oxygen atoms in total. The Morgan fingerprint density at radius 2 is 1.96 bits per heavy atom. The van der Waals surface area contributed by atoms with Gasteiger partial charge in [0.25, 0.3) is 0 Å². The van der Waals surface area contributed by atoms with Crippen molar-refractivity contribution in [3.05, 3.63) is 54.1 Å². The Balaban J connectivity index is 1.39. The van der Waals surface area contributed by atoms with E-state index < -0.39 is 0 Å². The lowest BCUT2D eigenvalue weighted by Gasteiger charge is -2.49. The minimum Gasteiger partial charge on any atom is -0.341 e. The van der Waals surface area contributed by atoms with Crippen LogP contribution in [0.4, 0.5) is 0 Å². The molecule has 3 heterocycles. The molecule has 5 heteroatoms. The van der Waals surface area contributed by atoms with Crippen LogP contribution in [0.15, 0.2) is 42.7 Å². The second-order valence-corrected chi connectivity index (χ2v) is 8.71. The molecule has 2 fully saturated rings. The van der Waals surface area contributed by atoms with Crippen LogP contribution in [-0.2, 0) is 17.8 Å². The monoisotopic (exact) mass is 380 g/mol. The van der Waals surface area contributed by atoms with Crippen LogP contribution in [0, 0.1) is 5.41 Å². The molecule has 2 aliphatic heterocycles. The van der Waals surface area contributed by atoms with Crippen molar-refractivity contribution in [3.8, 4) is 0 Å². The predicted octanol–water partition coefficient (Wildman–Crippen LogP) is 3.17. The lowest BCUT2D eigenvalue weighted by Crippen LogP contribution is -2.52. The van der Waals surface area contributed by atoms with Gasteiger partial charge in [0.05, 0.1) is 0 Å². The third-order valence-electron chi connectivity index (χ3n) is 6.69. The van der Waals surface area contributed by atoms with Gasteiger partial charge in [-0.2, -0.15) is 0 Å². The highest BCUT2D eigenvalue weighted by Crippen LogP contribution is 2.44. The number of likely N-dealkylation sites (tertiary alicyclic amines) is 2. The van der Waals surface area contributed by atoms with Crippen LogP contribution in [0.5, 0.6) is 0 Å². The number of piperidine rings is 2. The summed E-state index contributed by atoms with van der Waals surface area (Å²) >= 11 is 0. The van der Waals surface area contributed by atoms with Gasteiger partial charge in [-0.1, -0.05) is 37.3 Å². The highest BCUT2D eigenvalue weighted by molar-refractivity contribution is 5.76. The smallest absolute Gasteiger partial charge is 0.242 e. The average Bonchev–Trinajstić information content (AvgIpc) is 3.15. The first-order chi connectivity index (χ1) is 13.6. The Bertz CT molecular complexity index is 792. The van der Waals surface area contributed by atoms with Crippen molar-refractivity contribution in [2.45, 2.75) is 45.1 Å². The maximum Gasteiger partial charge on any atom is 0.242 e. The van der Waals surface area contributed by atoms with Crippen LogP contribution in [0.25, 0.3) is 0 Å². The number of carbonyl (C=O) groups excluding carboxylic acids is 1. The van der Waals surface area contributed by atoms with Crippen molar-refractivity contribution in [2.75, 3.05) is 33.2 Å². The van der Waals surface area contributed by atoms with E-state index in [4.69, 9.17) is 0 Å². The number of carbonyl (C=O) groups is 1. The largest absolute Gasteiger partial charge is 0.341 e. The summed E-state index contributed by atoms with van der Waals surface area (Å²) in [5.74, 6) is 1.81. The number of benzene rings is 1. The summed E-state index contributed by atoms with van der Waals surface area (Å²) in [5.41, 5.74) is 1.80. The maximum absolute atomic E-state index is 12.8. The molecule has 2 aliphatic rings. The highest BCUT2D eigenvalue weighted by atomic mass is 16.2. The molecule has 1 atom stereocenters. The number of likely N-dealkylation sites (N-methyl/N-ethyl adjacent to an activating group) is 1. The Kier molecular flexibility index (Phi) is 5.54. The summed E-state index contributed by atoms with van der Waals surface area (Å²) in [7, 11) is 2.25. The van der Waals surface area contributed by atoms with E-state index >= 15 is 0 Å². The van der Waals surface area contributed by atoms with E-state index in [2.05, 4.69) is 59.1 Å². The Morgan fingerprint density at radius 3 is 2.68 bits per heavy atom. The van der Waals surface area contributed by atoms with Gasteiger partial charge in [-0.3, -0.25) is 4.79 Å². The molecule has 1 aromatic heterocycles. The molecule has 1 unspecified atom stereocenters. The van der Waals surface area contributed by atoms with E-state index in [0.717, 1.165) is 51.3 Å². The van der Waals surface area contributed by atoms with Gasteiger partial charge in [0, 0.05) is 45.0 Å². The van der Waals surface area contributed by atoms with Crippen molar-refractivity contribution in [2.24, 2.45) is 5.41 Å².